The fraction of sp³-hybridized carbons (Fsp3) is 0.417. The smallest absolute Gasteiger partial charge is 0.253 e. The molecule has 9 heteroatoms. The number of carbonyl (C=O) groups excluding carboxylic acids is 1. The summed E-state index contributed by atoms with van der Waals surface area (Å²) in [4.78, 5) is 13.2. The van der Waals surface area contributed by atoms with Crippen LogP contribution in [0.5, 0.6) is 0 Å². The first-order valence-electron chi connectivity index (χ1n) is 5.98. The number of amides is 1. The number of primary sulfonamides is 1. The maximum atomic E-state index is 12.1. The molecule has 0 radical (unpaired) electrons. The van der Waals surface area contributed by atoms with Gasteiger partial charge >= 0.3 is 0 Å². The molecule has 2 N–H and O–H groups in total. The van der Waals surface area contributed by atoms with Gasteiger partial charge in [0.2, 0.25) is 10.0 Å². The van der Waals surface area contributed by atoms with E-state index in [0.29, 0.717) is 5.56 Å². The van der Waals surface area contributed by atoms with E-state index in [-0.39, 0.29) is 22.8 Å². The summed E-state index contributed by atoms with van der Waals surface area (Å²) in [6.07, 6.45) is 1.08. The summed E-state index contributed by atoms with van der Waals surface area (Å²) in [6.45, 7) is 1.59. The topological polar surface area (TPSA) is 115 Å². The van der Waals surface area contributed by atoms with Crippen molar-refractivity contribution in [3.05, 3.63) is 29.3 Å². The van der Waals surface area contributed by atoms with Gasteiger partial charge in [0.15, 0.2) is 0 Å². The molecule has 0 aliphatic carbocycles. The second-order valence-electron chi connectivity index (χ2n) is 4.88. The van der Waals surface area contributed by atoms with Crippen LogP contribution in [0.1, 0.15) is 15.9 Å². The van der Waals surface area contributed by atoms with Crippen LogP contribution < -0.4 is 5.14 Å². The summed E-state index contributed by atoms with van der Waals surface area (Å²) in [6, 6.07) is 4.16. The molecule has 21 heavy (non-hydrogen) atoms. The predicted octanol–water partition coefficient (Wildman–Crippen LogP) is -0.241. The molecule has 1 amide bonds. The van der Waals surface area contributed by atoms with E-state index in [1.807, 2.05) is 0 Å². The molecule has 0 heterocycles. The van der Waals surface area contributed by atoms with Crippen molar-refractivity contribution in [1.82, 2.24) is 4.90 Å². The minimum atomic E-state index is -3.92. The Kier molecular flexibility index (Phi) is 5.13. The molecule has 1 aromatic carbocycles. The van der Waals surface area contributed by atoms with E-state index in [9.17, 15) is 21.6 Å². The van der Waals surface area contributed by atoms with E-state index in [2.05, 4.69) is 0 Å². The van der Waals surface area contributed by atoms with E-state index in [1.165, 1.54) is 30.1 Å². The summed E-state index contributed by atoms with van der Waals surface area (Å²) in [5, 5.41) is 5.09. The van der Waals surface area contributed by atoms with Crippen LogP contribution in [-0.2, 0) is 19.9 Å². The zero-order valence-electron chi connectivity index (χ0n) is 12.0. The third-order valence-electron chi connectivity index (χ3n) is 2.89. The number of nitrogens with two attached hydrogens (primary N) is 1. The fourth-order valence-corrected chi connectivity index (χ4v) is 3.08. The van der Waals surface area contributed by atoms with Crippen molar-refractivity contribution in [3.8, 4) is 0 Å². The summed E-state index contributed by atoms with van der Waals surface area (Å²) in [5.41, 5.74) is 0.577. The van der Waals surface area contributed by atoms with E-state index >= 15 is 0 Å². The van der Waals surface area contributed by atoms with Crippen molar-refractivity contribution in [3.63, 3.8) is 0 Å². The maximum Gasteiger partial charge on any atom is 0.253 e. The molecule has 0 aliphatic heterocycles. The van der Waals surface area contributed by atoms with Crippen LogP contribution in [0.2, 0.25) is 0 Å². The van der Waals surface area contributed by atoms with Crippen molar-refractivity contribution in [1.29, 1.82) is 0 Å². The molecule has 0 aliphatic rings. The SMILES string of the molecule is Cc1ccc(C(=O)N(C)CCS(C)(=O)=O)cc1S(N)(=O)=O. The molecular weight excluding hydrogens is 316 g/mol. The maximum absolute atomic E-state index is 12.1. The lowest BCUT2D eigenvalue weighted by molar-refractivity contribution is 0.0803. The number of nitrogens with zero attached hydrogens (tertiary/aromatic N) is 1. The number of hydrogen-bond donors (Lipinski definition) is 1. The van der Waals surface area contributed by atoms with Crippen molar-refractivity contribution in [2.75, 3.05) is 25.6 Å². The first-order chi connectivity index (χ1) is 9.42. The number of aryl methyl sites for hydroxylation is 1. The Labute approximate surface area is 124 Å². The molecular formula is C12H18N2O5S2. The van der Waals surface area contributed by atoms with Crippen LogP contribution in [-0.4, -0.2) is 53.2 Å². The van der Waals surface area contributed by atoms with Gasteiger partial charge in [-0.05, 0) is 24.6 Å². The van der Waals surface area contributed by atoms with Crippen LogP contribution in [0.25, 0.3) is 0 Å². The molecule has 0 spiro atoms. The van der Waals surface area contributed by atoms with E-state index < -0.39 is 25.8 Å². The number of hydrogen-bond acceptors (Lipinski definition) is 5. The Bertz CT molecular complexity index is 754. The molecule has 7 nitrogen and oxygen atoms in total. The van der Waals surface area contributed by atoms with Gasteiger partial charge in [-0.25, -0.2) is 22.0 Å². The van der Waals surface area contributed by atoms with Gasteiger partial charge in [-0.1, -0.05) is 6.07 Å². The van der Waals surface area contributed by atoms with E-state index in [1.54, 1.807) is 6.92 Å². The molecule has 0 aromatic heterocycles. The number of rotatable bonds is 5. The Balaban J connectivity index is 3.04. The normalized spacial score (nSPS) is 12.2. The van der Waals surface area contributed by atoms with Crippen LogP contribution in [0.3, 0.4) is 0 Å². The van der Waals surface area contributed by atoms with Gasteiger partial charge in [0.25, 0.3) is 5.91 Å². The molecule has 0 unspecified atom stereocenters. The predicted molar refractivity (Wildman–Crippen MR) is 79.2 cm³/mol. The molecule has 0 saturated carbocycles. The standard InChI is InChI=1S/C12H18N2O5S2/c1-9-4-5-10(8-11(9)21(13,18)19)12(15)14(2)6-7-20(3,16)17/h4-5,8H,6-7H2,1-3H3,(H2,13,18,19). The largest absolute Gasteiger partial charge is 0.341 e. The lowest BCUT2D eigenvalue weighted by atomic mass is 10.1. The summed E-state index contributed by atoms with van der Waals surface area (Å²) >= 11 is 0. The van der Waals surface area contributed by atoms with Gasteiger partial charge in [0.05, 0.1) is 10.6 Å². The average Bonchev–Trinajstić information content (AvgIpc) is 2.33. The van der Waals surface area contributed by atoms with Crippen LogP contribution in [0.4, 0.5) is 0 Å². The highest BCUT2D eigenvalue weighted by Crippen LogP contribution is 2.16. The number of benzene rings is 1. The minimum Gasteiger partial charge on any atom is -0.341 e. The van der Waals surface area contributed by atoms with Gasteiger partial charge < -0.3 is 4.90 Å². The highest BCUT2D eigenvalue weighted by Gasteiger charge is 2.18. The first kappa shape index (κ1) is 17.6. The van der Waals surface area contributed by atoms with E-state index in [0.717, 1.165) is 6.26 Å². The van der Waals surface area contributed by atoms with Crippen molar-refractivity contribution >= 4 is 25.8 Å². The number of sulfonamides is 1. The van der Waals surface area contributed by atoms with Crippen molar-refractivity contribution in [2.24, 2.45) is 5.14 Å². The molecule has 1 rings (SSSR count). The number of sulfone groups is 1. The molecule has 0 atom stereocenters. The highest BCUT2D eigenvalue weighted by molar-refractivity contribution is 7.90. The molecule has 0 fully saturated rings. The Morgan fingerprint density at radius 3 is 2.29 bits per heavy atom. The zero-order valence-corrected chi connectivity index (χ0v) is 13.7. The quantitative estimate of drug-likeness (QED) is 0.798. The van der Waals surface area contributed by atoms with Gasteiger partial charge in [0.1, 0.15) is 9.84 Å². The molecule has 118 valence electrons. The van der Waals surface area contributed by atoms with Crippen LogP contribution in [0, 0.1) is 6.92 Å². The molecule has 1 aromatic rings. The Morgan fingerprint density at radius 2 is 1.81 bits per heavy atom. The second kappa shape index (κ2) is 6.12. The Morgan fingerprint density at radius 1 is 1.24 bits per heavy atom. The zero-order chi connectivity index (χ0) is 16.4. The monoisotopic (exact) mass is 334 g/mol. The average molecular weight is 334 g/mol. The van der Waals surface area contributed by atoms with Gasteiger partial charge in [-0.2, -0.15) is 0 Å². The van der Waals surface area contributed by atoms with Gasteiger partial charge in [0, 0.05) is 25.4 Å². The third kappa shape index (κ3) is 5.10. The molecule has 0 saturated heterocycles. The second-order valence-corrected chi connectivity index (χ2v) is 8.67. The van der Waals surface area contributed by atoms with E-state index in [4.69, 9.17) is 5.14 Å². The minimum absolute atomic E-state index is 0.0241. The van der Waals surface area contributed by atoms with Crippen LogP contribution >= 0.6 is 0 Å². The summed E-state index contributed by atoms with van der Waals surface area (Å²) in [7, 11) is -5.65. The van der Waals surface area contributed by atoms with Crippen LogP contribution in [0.15, 0.2) is 23.1 Å². The number of carbonyl (C=O) groups is 1. The fourth-order valence-electron chi connectivity index (χ4n) is 1.66. The summed E-state index contributed by atoms with van der Waals surface area (Å²) < 4.78 is 45.0. The van der Waals surface area contributed by atoms with Crippen molar-refractivity contribution in [2.45, 2.75) is 11.8 Å². The third-order valence-corrected chi connectivity index (χ3v) is 4.86. The lowest BCUT2D eigenvalue weighted by Gasteiger charge is -2.17. The Hall–Kier alpha value is -1.45. The highest BCUT2D eigenvalue weighted by atomic mass is 32.2. The van der Waals surface area contributed by atoms with Crippen molar-refractivity contribution < 1.29 is 21.6 Å². The van der Waals surface area contributed by atoms with Gasteiger partial charge in [-0.15, -0.1) is 0 Å². The molecule has 0 bridgehead atoms. The van der Waals surface area contributed by atoms with Gasteiger partial charge in [-0.3, -0.25) is 4.79 Å². The summed E-state index contributed by atoms with van der Waals surface area (Å²) in [5.74, 6) is -0.632. The lowest BCUT2D eigenvalue weighted by Crippen LogP contribution is -2.31. The first-order valence-corrected chi connectivity index (χ1v) is 9.59.